The maximum Gasteiger partial charge on any atom is 0.334 e. The molecule has 2 rings (SSSR count). The van der Waals surface area contributed by atoms with E-state index in [0.717, 1.165) is 17.6 Å². The summed E-state index contributed by atoms with van der Waals surface area (Å²) in [6.07, 6.45) is 5.64. The Morgan fingerprint density at radius 3 is 2.85 bits per heavy atom. The number of hydrogen-bond donors (Lipinski definition) is 2. The molecule has 26 heavy (non-hydrogen) atoms. The van der Waals surface area contributed by atoms with Crippen molar-refractivity contribution in [2.45, 2.75) is 45.3 Å². The van der Waals surface area contributed by atoms with E-state index in [4.69, 9.17) is 14.6 Å². The van der Waals surface area contributed by atoms with Gasteiger partial charge in [-0.25, -0.2) is 9.59 Å². The van der Waals surface area contributed by atoms with Gasteiger partial charge in [0.1, 0.15) is 12.2 Å². The summed E-state index contributed by atoms with van der Waals surface area (Å²) in [5, 5.41) is 18.6. The number of allylic oxidation sites excluding steroid dienone is 1. The van der Waals surface area contributed by atoms with E-state index in [0.29, 0.717) is 18.4 Å². The first-order chi connectivity index (χ1) is 12.3. The number of hydrogen-bond acceptors (Lipinski definition) is 6. The van der Waals surface area contributed by atoms with Crippen molar-refractivity contribution in [2.24, 2.45) is 5.92 Å². The topological polar surface area (TPSA) is 93.1 Å². The number of carbonyl (C=O) groups is 2. The van der Waals surface area contributed by atoms with Crippen LogP contribution in [0.15, 0.2) is 47.1 Å². The molecule has 0 aromatic rings. The number of fused-ring (bicyclic) bond motifs is 1. The normalized spacial score (nSPS) is 31.2. The van der Waals surface area contributed by atoms with Gasteiger partial charge in [0.25, 0.3) is 0 Å². The standard InChI is InChI=1S/C20H26O6/c1-12-5-4-6-15(11-22)9-17-19(14(3)20(24)26-17)16(7-12)25-18(23)8-13(2)10-21/h5,8-9,16-17,19,21-22H,3-4,6-7,10-11H2,1-2H3/b12-5+,13-8+,15-9-/t16-,17+,19+/m0/s1. The Hall–Kier alpha value is -2.18. The number of rotatable bonds is 4. The van der Waals surface area contributed by atoms with E-state index in [2.05, 4.69) is 6.58 Å². The lowest BCUT2D eigenvalue weighted by Crippen LogP contribution is -2.33. The predicted molar refractivity (Wildman–Crippen MR) is 96.0 cm³/mol. The van der Waals surface area contributed by atoms with E-state index in [1.165, 1.54) is 6.08 Å². The lowest BCUT2D eigenvalue weighted by atomic mass is 9.85. The van der Waals surface area contributed by atoms with Gasteiger partial charge in [-0.3, -0.25) is 0 Å². The van der Waals surface area contributed by atoms with E-state index >= 15 is 0 Å². The molecule has 2 aliphatic rings. The van der Waals surface area contributed by atoms with Crippen molar-refractivity contribution >= 4 is 11.9 Å². The third-order valence-corrected chi connectivity index (χ3v) is 4.63. The Balaban J connectivity index is 2.36. The molecule has 1 saturated heterocycles. The largest absolute Gasteiger partial charge is 0.458 e. The van der Waals surface area contributed by atoms with Crippen LogP contribution < -0.4 is 0 Å². The smallest absolute Gasteiger partial charge is 0.334 e. The monoisotopic (exact) mass is 362 g/mol. The van der Waals surface area contributed by atoms with E-state index in [1.54, 1.807) is 13.0 Å². The van der Waals surface area contributed by atoms with Crippen molar-refractivity contribution in [1.29, 1.82) is 0 Å². The third-order valence-electron chi connectivity index (χ3n) is 4.63. The van der Waals surface area contributed by atoms with Crippen LogP contribution in [0.5, 0.6) is 0 Å². The van der Waals surface area contributed by atoms with Gasteiger partial charge < -0.3 is 19.7 Å². The molecular formula is C20H26O6. The Morgan fingerprint density at radius 1 is 1.46 bits per heavy atom. The van der Waals surface area contributed by atoms with Crippen molar-refractivity contribution in [3.8, 4) is 0 Å². The average molecular weight is 362 g/mol. The number of esters is 2. The van der Waals surface area contributed by atoms with Crippen LogP contribution in [0.1, 0.15) is 33.1 Å². The molecule has 2 N–H and O–H groups in total. The minimum Gasteiger partial charge on any atom is -0.458 e. The number of aliphatic hydroxyl groups is 2. The summed E-state index contributed by atoms with van der Waals surface area (Å²) < 4.78 is 11.0. The number of ether oxygens (including phenoxy) is 2. The fourth-order valence-corrected chi connectivity index (χ4v) is 3.20. The van der Waals surface area contributed by atoms with Crippen LogP contribution in [0.25, 0.3) is 0 Å². The van der Waals surface area contributed by atoms with E-state index in [-0.39, 0.29) is 18.8 Å². The zero-order valence-electron chi connectivity index (χ0n) is 15.2. The minimum atomic E-state index is -0.625. The highest BCUT2D eigenvalue weighted by Gasteiger charge is 2.44. The Bertz CT molecular complexity index is 670. The van der Waals surface area contributed by atoms with Crippen molar-refractivity contribution < 1.29 is 29.3 Å². The van der Waals surface area contributed by atoms with Gasteiger partial charge in [0.15, 0.2) is 0 Å². The average Bonchev–Trinajstić information content (AvgIpc) is 2.86. The fraction of sp³-hybridized carbons (Fsp3) is 0.500. The summed E-state index contributed by atoms with van der Waals surface area (Å²) in [5.41, 5.74) is 2.54. The maximum absolute atomic E-state index is 12.2. The Kier molecular flexibility index (Phi) is 6.94. The predicted octanol–water partition coefficient (Wildman–Crippen LogP) is 1.98. The van der Waals surface area contributed by atoms with Crippen LogP contribution >= 0.6 is 0 Å². The lowest BCUT2D eigenvalue weighted by Gasteiger charge is -2.27. The van der Waals surface area contributed by atoms with Crippen molar-refractivity contribution in [1.82, 2.24) is 0 Å². The second-order valence-corrected chi connectivity index (χ2v) is 6.82. The van der Waals surface area contributed by atoms with Gasteiger partial charge >= 0.3 is 11.9 Å². The van der Waals surface area contributed by atoms with Crippen LogP contribution in [0.3, 0.4) is 0 Å². The van der Waals surface area contributed by atoms with Gasteiger partial charge in [0.2, 0.25) is 0 Å². The number of carbonyl (C=O) groups excluding carboxylic acids is 2. The summed E-state index contributed by atoms with van der Waals surface area (Å²) in [6, 6.07) is 0. The molecule has 3 atom stereocenters. The molecule has 0 spiro atoms. The van der Waals surface area contributed by atoms with Crippen molar-refractivity contribution in [3.63, 3.8) is 0 Å². The van der Waals surface area contributed by atoms with Gasteiger partial charge in [-0.05, 0) is 43.9 Å². The first-order valence-electron chi connectivity index (χ1n) is 8.70. The molecule has 0 aromatic heterocycles. The highest BCUT2D eigenvalue weighted by molar-refractivity contribution is 5.91. The summed E-state index contributed by atoms with van der Waals surface area (Å²) in [7, 11) is 0. The molecule has 6 nitrogen and oxygen atoms in total. The second kappa shape index (κ2) is 8.96. The highest BCUT2D eigenvalue weighted by atomic mass is 16.6. The van der Waals surface area contributed by atoms with Gasteiger partial charge in [0, 0.05) is 18.1 Å². The second-order valence-electron chi connectivity index (χ2n) is 6.82. The molecule has 1 fully saturated rings. The highest BCUT2D eigenvalue weighted by Crippen LogP contribution is 2.36. The zero-order chi connectivity index (χ0) is 19.3. The third kappa shape index (κ3) is 4.93. The zero-order valence-corrected chi connectivity index (χ0v) is 15.2. The van der Waals surface area contributed by atoms with Gasteiger partial charge in [-0.1, -0.05) is 18.2 Å². The summed E-state index contributed by atoms with van der Waals surface area (Å²) in [4.78, 5) is 24.3. The molecule has 1 aliphatic heterocycles. The van der Waals surface area contributed by atoms with Crippen LogP contribution in [0, 0.1) is 5.92 Å². The molecule has 0 radical (unpaired) electrons. The minimum absolute atomic E-state index is 0.122. The molecule has 0 amide bonds. The maximum atomic E-state index is 12.2. The van der Waals surface area contributed by atoms with Crippen LogP contribution in [0.4, 0.5) is 0 Å². The van der Waals surface area contributed by atoms with E-state index in [1.807, 2.05) is 13.0 Å². The SMILES string of the molecule is C=C1C(=O)O[C@@H]2/C=C(\CO)CC/C=C(\C)C[C@H](OC(=O)/C=C(\C)CO)[C@@H]12. The first kappa shape index (κ1) is 20.1. The van der Waals surface area contributed by atoms with Crippen LogP contribution in [-0.2, 0) is 19.1 Å². The molecule has 0 unspecified atom stereocenters. The Morgan fingerprint density at radius 2 is 2.19 bits per heavy atom. The van der Waals surface area contributed by atoms with Crippen LogP contribution in [-0.4, -0.2) is 47.6 Å². The molecule has 1 aliphatic carbocycles. The quantitative estimate of drug-likeness (QED) is 0.451. The van der Waals surface area contributed by atoms with Gasteiger partial charge in [-0.15, -0.1) is 0 Å². The molecule has 142 valence electrons. The number of aliphatic hydroxyl groups excluding tert-OH is 2. The molecule has 6 heteroatoms. The summed E-state index contributed by atoms with van der Waals surface area (Å²) in [6.45, 7) is 7.03. The molecule has 1 heterocycles. The lowest BCUT2D eigenvalue weighted by molar-refractivity contribution is -0.146. The van der Waals surface area contributed by atoms with E-state index < -0.39 is 30.1 Å². The molecule has 0 bridgehead atoms. The van der Waals surface area contributed by atoms with Gasteiger partial charge in [0.05, 0.1) is 19.1 Å². The molecule has 0 saturated carbocycles. The van der Waals surface area contributed by atoms with Gasteiger partial charge in [-0.2, -0.15) is 0 Å². The molecular weight excluding hydrogens is 336 g/mol. The van der Waals surface area contributed by atoms with E-state index in [9.17, 15) is 14.7 Å². The Labute approximate surface area is 153 Å². The van der Waals surface area contributed by atoms with Crippen molar-refractivity contribution in [2.75, 3.05) is 13.2 Å². The van der Waals surface area contributed by atoms with Crippen LogP contribution in [0.2, 0.25) is 0 Å². The summed E-state index contributed by atoms with van der Waals surface area (Å²) >= 11 is 0. The van der Waals surface area contributed by atoms with Crippen molar-refractivity contribution in [3.05, 3.63) is 47.1 Å². The first-order valence-corrected chi connectivity index (χ1v) is 8.70. The fourth-order valence-electron chi connectivity index (χ4n) is 3.20. The summed E-state index contributed by atoms with van der Waals surface area (Å²) in [5.74, 6) is -1.61. The molecule has 0 aromatic carbocycles.